The van der Waals surface area contributed by atoms with Crippen LogP contribution in [0.15, 0.2) is 42.0 Å². The van der Waals surface area contributed by atoms with E-state index in [1.807, 2.05) is 25.1 Å². The van der Waals surface area contributed by atoms with E-state index >= 15 is 0 Å². The lowest BCUT2D eigenvalue weighted by Gasteiger charge is -2.54. The number of para-hydroxylation sites is 1. The van der Waals surface area contributed by atoms with E-state index in [4.69, 9.17) is 9.47 Å². The third kappa shape index (κ3) is 2.97. The minimum Gasteiger partial charge on any atom is -0.426 e. The van der Waals surface area contributed by atoms with E-state index in [-0.39, 0.29) is 30.5 Å². The first-order valence-corrected chi connectivity index (χ1v) is 12.2. The van der Waals surface area contributed by atoms with Gasteiger partial charge in [-0.2, -0.15) is 0 Å². The van der Waals surface area contributed by atoms with Crippen molar-refractivity contribution in [2.45, 2.75) is 70.2 Å². The third-order valence-corrected chi connectivity index (χ3v) is 9.84. The number of aliphatic hydroxyl groups is 3. The monoisotopic (exact) mass is 456 g/mol. The van der Waals surface area contributed by atoms with Gasteiger partial charge in [0.2, 0.25) is 0 Å². The number of carbonyl (C=O) groups excluding carboxylic acids is 1. The van der Waals surface area contributed by atoms with Crippen LogP contribution in [-0.2, 0) is 9.53 Å². The van der Waals surface area contributed by atoms with Gasteiger partial charge in [-0.1, -0.05) is 45.0 Å². The fourth-order valence-corrected chi connectivity index (χ4v) is 7.69. The standard InChI is InChI=1S/C27H36O6/c1-17(15-28)26-12-10-24(2)9-11-25(3)21(27(24,26)33-26)14-20(18(16-29)13-22(25)30)23(31)32-19-7-5-4-6-8-19/h4-8,13,17,20-22,28-30H,9-12,14-16H2,1-3H3/t17?,20-,21+,22+,24+,25-,26-,27-/m1/s1. The highest BCUT2D eigenvalue weighted by Crippen LogP contribution is 2.80. The first kappa shape index (κ1) is 23.0. The summed E-state index contributed by atoms with van der Waals surface area (Å²) < 4.78 is 12.4. The second-order valence-corrected chi connectivity index (χ2v) is 11.3. The fourth-order valence-electron chi connectivity index (χ4n) is 7.69. The number of rotatable bonds is 5. The normalized spacial score (nSPS) is 44.5. The van der Waals surface area contributed by atoms with E-state index in [0.717, 1.165) is 25.7 Å². The Kier molecular flexibility index (Phi) is 5.33. The van der Waals surface area contributed by atoms with E-state index < -0.39 is 34.6 Å². The minimum atomic E-state index is -0.801. The molecule has 1 saturated heterocycles. The van der Waals surface area contributed by atoms with Crippen molar-refractivity contribution in [2.75, 3.05) is 13.2 Å². The maximum absolute atomic E-state index is 13.4. The highest BCUT2D eigenvalue weighted by Gasteiger charge is 2.87. The Morgan fingerprint density at radius 2 is 1.85 bits per heavy atom. The van der Waals surface area contributed by atoms with Crippen LogP contribution in [-0.4, -0.2) is 51.8 Å². The molecule has 8 atom stereocenters. The zero-order valence-corrected chi connectivity index (χ0v) is 19.8. The predicted octanol–water partition coefficient (Wildman–Crippen LogP) is 3.24. The SMILES string of the molecule is CC(CO)[C@]12CC[C@]3(C)CC[C@@]4(C)[C@@H](O)C=C(CO)[C@H](C(=O)Oc5ccccc5)C[C@@H]4[C@@]31O2. The summed E-state index contributed by atoms with van der Waals surface area (Å²) >= 11 is 0. The molecule has 180 valence electrons. The van der Waals surface area contributed by atoms with Crippen LogP contribution in [0.5, 0.6) is 5.75 Å². The van der Waals surface area contributed by atoms with Crippen LogP contribution in [0.4, 0.5) is 0 Å². The molecule has 2 saturated carbocycles. The number of benzene rings is 1. The molecule has 1 spiro atoms. The summed E-state index contributed by atoms with van der Waals surface area (Å²) in [6.45, 7) is 6.15. The lowest BCUT2D eigenvalue weighted by molar-refractivity contribution is -0.141. The second-order valence-electron chi connectivity index (χ2n) is 11.3. The first-order chi connectivity index (χ1) is 15.7. The molecule has 1 heterocycles. The van der Waals surface area contributed by atoms with Gasteiger partial charge < -0.3 is 24.8 Å². The Hall–Kier alpha value is -1.73. The summed E-state index contributed by atoms with van der Waals surface area (Å²) in [5, 5.41) is 31.6. The summed E-state index contributed by atoms with van der Waals surface area (Å²) in [4.78, 5) is 13.4. The Morgan fingerprint density at radius 3 is 2.52 bits per heavy atom. The van der Waals surface area contributed by atoms with Crippen LogP contribution in [0.25, 0.3) is 0 Å². The number of ether oxygens (including phenoxy) is 2. The number of hydrogen-bond acceptors (Lipinski definition) is 6. The van der Waals surface area contributed by atoms with E-state index in [2.05, 4.69) is 13.8 Å². The minimum absolute atomic E-state index is 0.0259. The number of hydrogen-bond donors (Lipinski definition) is 3. The highest BCUT2D eigenvalue weighted by atomic mass is 16.6. The third-order valence-electron chi connectivity index (χ3n) is 9.84. The zero-order valence-electron chi connectivity index (χ0n) is 19.8. The quantitative estimate of drug-likeness (QED) is 0.272. The molecular weight excluding hydrogens is 420 g/mol. The molecule has 6 heteroatoms. The van der Waals surface area contributed by atoms with Crippen molar-refractivity contribution in [3.8, 4) is 5.75 Å². The summed E-state index contributed by atoms with van der Waals surface area (Å²) in [7, 11) is 0. The molecule has 3 fully saturated rings. The van der Waals surface area contributed by atoms with Crippen molar-refractivity contribution in [3.63, 3.8) is 0 Å². The molecule has 1 aromatic carbocycles. The van der Waals surface area contributed by atoms with Crippen molar-refractivity contribution < 1.29 is 29.6 Å². The molecule has 3 N–H and O–H groups in total. The van der Waals surface area contributed by atoms with Crippen LogP contribution in [0.2, 0.25) is 0 Å². The number of esters is 1. The molecule has 0 radical (unpaired) electrons. The molecule has 33 heavy (non-hydrogen) atoms. The van der Waals surface area contributed by atoms with Crippen molar-refractivity contribution in [1.82, 2.24) is 0 Å². The molecule has 4 aliphatic rings. The number of fused-ring (bicyclic) bond motifs is 1. The molecule has 1 aromatic rings. The molecule has 0 aromatic heterocycles. The van der Waals surface area contributed by atoms with Crippen LogP contribution in [0.1, 0.15) is 52.9 Å². The smallest absolute Gasteiger partial charge is 0.318 e. The predicted molar refractivity (Wildman–Crippen MR) is 122 cm³/mol. The lowest BCUT2D eigenvalue weighted by Crippen LogP contribution is -2.57. The number of epoxide rings is 1. The van der Waals surface area contributed by atoms with Gasteiger partial charge in [0.25, 0.3) is 0 Å². The topological polar surface area (TPSA) is 99.5 Å². The van der Waals surface area contributed by atoms with Gasteiger partial charge in [0.05, 0.1) is 18.6 Å². The average Bonchev–Trinajstić information content (AvgIpc) is 3.45. The van der Waals surface area contributed by atoms with Gasteiger partial charge in [0.15, 0.2) is 0 Å². The van der Waals surface area contributed by atoms with Crippen LogP contribution < -0.4 is 4.74 Å². The molecule has 5 rings (SSSR count). The first-order valence-electron chi connectivity index (χ1n) is 12.2. The van der Waals surface area contributed by atoms with Crippen LogP contribution in [0.3, 0.4) is 0 Å². The highest BCUT2D eigenvalue weighted by molar-refractivity contribution is 5.78. The van der Waals surface area contributed by atoms with Gasteiger partial charge in [-0.15, -0.1) is 0 Å². The zero-order chi connectivity index (χ0) is 23.6. The van der Waals surface area contributed by atoms with E-state index in [1.165, 1.54) is 0 Å². The van der Waals surface area contributed by atoms with Gasteiger partial charge in [-0.3, -0.25) is 4.79 Å². The summed E-state index contributed by atoms with van der Waals surface area (Å²) in [5.41, 5.74) is -0.988. The van der Waals surface area contributed by atoms with Gasteiger partial charge in [0, 0.05) is 23.9 Å². The summed E-state index contributed by atoms with van der Waals surface area (Å²) in [5.74, 6) is -0.752. The fraction of sp³-hybridized carbons (Fsp3) is 0.667. The Labute approximate surface area is 195 Å². The molecule has 0 amide bonds. The van der Waals surface area contributed by atoms with Crippen molar-refractivity contribution in [1.29, 1.82) is 0 Å². The Morgan fingerprint density at radius 1 is 1.15 bits per heavy atom. The number of aliphatic hydroxyl groups excluding tert-OH is 3. The largest absolute Gasteiger partial charge is 0.426 e. The van der Waals surface area contributed by atoms with E-state index in [9.17, 15) is 20.1 Å². The van der Waals surface area contributed by atoms with Gasteiger partial charge in [-0.05, 0) is 55.2 Å². The van der Waals surface area contributed by atoms with Crippen molar-refractivity contribution >= 4 is 5.97 Å². The van der Waals surface area contributed by atoms with Crippen LogP contribution >= 0.6 is 0 Å². The average molecular weight is 457 g/mol. The Bertz CT molecular complexity index is 961. The van der Waals surface area contributed by atoms with Gasteiger partial charge >= 0.3 is 5.97 Å². The lowest BCUT2D eigenvalue weighted by atomic mass is 9.49. The molecule has 0 bridgehead atoms. The van der Waals surface area contributed by atoms with Crippen molar-refractivity contribution in [2.24, 2.45) is 28.6 Å². The maximum Gasteiger partial charge on any atom is 0.318 e. The number of carbonyl (C=O) groups is 1. The van der Waals surface area contributed by atoms with E-state index in [1.54, 1.807) is 18.2 Å². The molecular formula is C27H36O6. The molecule has 6 nitrogen and oxygen atoms in total. The summed E-state index contributed by atoms with van der Waals surface area (Å²) in [6.07, 6.45) is 4.97. The van der Waals surface area contributed by atoms with Crippen LogP contribution in [0, 0.1) is 28.6 Å². The molecule has 1 unspecified atom stereocenters. The molecule has 3 aliphatic carbocycles. The Balaban J connectivity index is 1.56. The summed E-state index contributed by atoms with van der Waals surface area (Å²) in [6, 6.07) is 8.96. The van der Waals surface area contributed by atoms with Gasteiger partial charge in [-0.25, -0.2) is 0 Å². The van der Waals surface area contributed by atoms with Gasteiger partial charge in [0.1, 0.15) is 17.0 Å². The van der Waals surface area contributed by atoms with Crippen molar-refractivity contribution in [3.05, 3.63) is 42.0 Å². The second kappa shape index (κ2) is 7.64. The van der Waals surface area contributed by atoms with E-state index in [0.29, 0.717) is 17.7 Å². The molecule has 1 aliphatic heterocycles. The maximum atomic E-state index is 13.4.